The van der Waals surface area contributed by atoms with Crippen LogP contribution >= 0.6 is 0 Å². The standard InChI is InChI=1S/C15H15NO6S/c1-2-22-11-4-3-5-12(9-11)23(20,21)16-13-7-6-10(15(18)19)8-14(13)17/h3-9,16-17H,2H2,1H3,(H,18,19). The van der Waals surface area contributed by atoms with Gasteiger partial charge in [0.15, 0.2) is 0 Å². The molecule has 23 heavy (non-hydrogen) atoms. The minimum absolute atomic E-state index is 0.0369. The van der Waals surface area contributed by atoms with E-state index in [0.717, 1.165) is 6.07 Å². The molecule has 122 valence electrons. The molecule has 0 unspecified atom stereocenters. The van der Waals surface area contributed by atoms with E-state index in [9.17, 15) is 18.3 Å². The number of sulfonamides is 1. The van der Waals surface area contributed by atoms with Crippen molar-refractivity contribution in [3.63, 3.8) is 0 Å². The lowest BCUT2D eigenvalue weighted by atomic mass is 10.2. The van der Waals surface area contributed by atoms with Gasteiger partial charge in [-0.15, -0.1) is 0 Å². The van der Waals surface area contributed by atoms with Crippen molar-refractivity contribution in [1.29, 1.82) is 0 Å². The fourth-order valence-corrected chi connectivity index (χ4v) is 2.96. The molecule has 2 aromatic rings. The number of hydrogen-bond acceptors (Lipinski definition) is 5. The van der Waals surface area contributed by atoms with Gasteiger partial charge in [0.05, 0.1) is 22.8 Å². The number of ether oxygens (including phenoxy) is 1. The number of carboxylic acids is 1. The van der Waals surface area contributed by atoms with E-state index in [1.807, 2.05) is 0 Å². The van der Waals surface area contributed by atoms with Crippen molar-refractivity contribution in [2.45, 2.75) is 11.8 Å². The number of aromatic hydroxyl groups is 1. The van der Waals surface area contributed by atoms with Gasteiger partial charge in [0.1, 0.15) is 11.5 Å². The summed E-state index contributed by atoms with van der Waals surface area (Å²) in [7, 11) is -3.95. The summed E-state index contributed by atoms with van der Waals surface area (Å²) >= 11 is 0. The number of anilines is 1. The highest BCUT2D eigenvalue weighted by atomic mass is 32.2. The monoisotopic (exact) mass is 337 g/mol. The molecule has 0 radical (unpaired) electrons. The van der Waals surface area contributed by atoms with Crippen LogP contribution in [0.15, 0.2) is 47.4 Å². The molecule has 3 N–H and O–H groups in total. The zero-order valence-corrected chi connectivity index (χ0v) is 13.0. The van der Waals surface area contributed by atoms with E-state index in [4.69, 9.17) is 9.84 Å². The SMILES string of the molecule is CCOc1cccc(S(=O)(=O)Nc2ccc(C(=O)O)cc2O)c1. The number of rotatable bonds is 6. The predicted molar refractivity (Wildman–Crippen MR) is 83.5 cm³/mol. The van der Waals surface area contributed by atoms with Gasteiger partial charge < -0.3 is 14.9 Å². The van der Waals surface area contributed by atoms with Crippen molar-refractivity contribution in [2.24, 2.45) is 0 Å². The van der Waals surface area contributed by atoms with Crippen LogP contribution in [0.5, 0.6) is 11.5 Å². The molecule has 0 bridgehead atoms. The van der Waals surface area contributed by atoms with Crippen LogP contribution in [0.2, 0.25) is 0 Å². The second kappa shape index (κ2) is 6.57. The molecular weight excluding hydrogens is 322 g/mol. The summed E-state index contributed by atoms with van der Waals surface area (Å²) in [4.78, 5) is 10.8. The fourth-order valence-electron chi connectivity index (χ4n) is 1.85. The first kappa shape index (κ1) is 16.6. The third-order valence-corrected chi connectivity index (χ3v) is 4.28. The Labute approximate surface area is 133 Å². The maximum atomic E-state index is 12.3. The van der Waals surface area contributed by atoms with Crippen molar-refractivity contribution < 1.29 is 28.2 Å². The first-order valence-corrected chi connectivity index (χ1v) is 8.14. The third kappa shape index (κ3) is 3.92. The highest BCUT2D eigenvalue weighted by Gasteiger charge is 2.17. The van der Waals surface area contributed by atoms with Crippen molar-refractivity contribution in [1.82, 2.24) is 0 Å². The average Bonchev–Trinajstić information content (AvgIpc) is 2.49. The number of phenols is 1. The Bertz CT molecular complexity index is 832. The summed E-state index contributed by atoms with van der Waals surface area (Å²) in [5.41, 5.74) is -0.263. The van der Waals surface area contributed by atoms with Gasteiger partial charge in [-0.1, -0.05) is 6.07 Å². The molecule has 0 aliphatic heterocycles. The molecule has 0 amide bonds. The minimum atomic E-state index is -3.95. The number of phenolic OH excluding ortho intramolecular Hbond substituents is 1. The highest BCUT2D eigenvalue weighted by Crippen LogP contribution is 2.27. The number of hydrogen-bond donors (Lipinski definition) is 3. The van der Waals surface area contributed by atoms with E-state index in [2.05, 4.69) is 4.72 Å². The summed E-state index contributed by atoms with van der Waals surface area (Å²) in [6, 6.07) is 9.24. The van der Waals surface area contributed by atoms with E-state index in [1.165, 1.54) is 30.3 Å². The smallest absolute Gasteiger partial charge is 0.335 e. The summed E-state index contributed by atoms with van der Waals surface area (Å²) < 4.78 is 32.1. The Balaban J connectivity index is 2.31. The Kier molecular flexibility index (Phi) is 4.75. The average molecular weight is 337 g/mol. The Morgan fingerprint density at radius 3 is 2.57 bits per heavy atom. The predicted octanol–water partition coefficient (Wildman–Crippen LogP) is 2.29. The number of carbonyl (C=O) groups is 1. The van der Waals surface area contributed by atoms with Crippen molar-refractivity contribution in [3.8, 4) is 11.5 Å². The van der Waals surface area contributed by atoms with Gasteiger partial charge in [-0.25, -0.2) is 13.2 Å². The molecule has 2 aromatic carbocycles. The van der Waals surface area contributed by atoms with Crippen LogP contribution < -0.4 is 9.46 Å². The summed E-state index contributed by atoms with van der Waals surface area (Å²) in [6.07, 6.45) is 0. The molecule has 0 fully saturated rings. The molecule has 0 aromatic heterocycles. The zero-order valence-electron chi connectivity index (χ0n) is 12.2. The molecule has 0 atom stereocenters. The van der Waals surface area contributed by atoms with Gasteiger partial charge in [0.25, 0.3) is 10.0 Å². The molecule has 0 aliphatic carbocycles. The van der Waals surface area contributed by atoms with Crippen LogP contribution in [0.4, 0.5) is 5.69 Å². The molecule has 0 heterocycles. The second-order valence-corrected chi connectivity index (χ2v) is 6.23. The van der Waals surface area contributed by atoms with Gasteiger partial charge in [-0.2, -0.15) is 0 Å². The number of benzene rings is 2. The summed E-state index contributed by atoms with van der Waals surface area (Å²) in [6.45, 7) is 2.18. The topological polar surface area (TPSA) is 113 Å². The summed E-state index contributed by atoms with van der Waals surface area (Å²) in [5, 5.41) is 18.6. The van der Waals surface area contributed by atoms with Crippen LogP contribution in [-0.2, 0) is 10.0 Å². The van der Waals surface area contributed by atoms with Crippen molar-refractivity contribution >= 4 is 21.7 Å². The lowest BCUT2D eigenvalue weighted by Crippen LogP contribution is -2.13. The number of nitrogens with one attached hydrogen (secondary N) is 1. The first-order valence-electron chi connectivity index (χ1n) is 6.65. The number of aromatic carboxylic acids is 1. The molecular formula is C15H15NO6S. The van der Waals surface area contributed by atoms with Crippen LogP contribution in [-0.4, -0.2) is 31.2 Å². The van der Waals surface area contributed by atoms with Gasteiger partial charge in [0, 0.05) is 6.07 Å². The third-order valence-electron chi connectivity index (χ3n) is 2.92. The van der Waals surface area contributed by atoms with E-state index in [0.29, 0.717) is 12.4 Å². The van der Waals surface area contributed by atoms with Gasteiger partial charge >= 0.3 is 5.97 Å². The first-order chi connectivity index (χ1) is 10.8. The Hall–Kier alpha value is -2.74. The van der Waals surface area contributed by atoms with Crippen molar-refractivity contribution in [2.75, 3.05) is 11.3 Å². The minimum Gasteiger partial charge on any atom is -0.506 e. The molecule has 0 spiro atoms. The van der Waals surface area contributed by atoms with E-state index in [-0.39, 0.29) is 16.1 Å². The van der Waals surface area contributed by atoms with Gasteiger partial charge in [-0.05, 0) is 37.3 Å². The van der Waals surface area contributed by atoms with Crippen molar-refractivity contribution in [3.05, 3.63) is 48.0 Å². The fraction of sp³-hybridized carbons (Fsp3) is 0.133. The van der Waals surface area contributed by atoms with Gasteiger partial charge in [0.2, 0.25) is 0 Å². The van der Waals surface area contributed by atoms with E-state index >= 15 is 0 Å². The Morgan fingerprint density at radius 2 is 1.96 bits per heavy atom. The molecule has 0 saturated carbocycles. The molecule has 2 rings (SSSR count). The highest BCUT2D eigenvalue weighted by molar-refractivity contribution is 7.92. The maximum absolute atomic E-state index is 12.3. The summed E-state index contributed by atoms with van der Waals surface area (Å²) in [5.74, 6) is -1.30. The molecule has 7 nitrogen and oxygen atoms in total. The van der Waals surface area contributed by atoms with Gasteiger partial charge in [-0.3, -0.25) is 4.72 Å². The lowest BCUT2D eigenvalue weighted by molar-refractivity contribution is 0.0696. The normalized spacial score (nSPS) is 11.0. The zero-order chi connectivity index (χ0) is 17.0. The molecule has 0 aliphatic rings. The lowest BCUT2D eigenvalue weighted by Gasteiger charge is -2.11. The Morgan fingerprint density at radius 1 is 1.22 bits per heavy atom. The number of carboxylic acid groups (broad SMARTS) is 1. The van der Waals surface area contributed by atoms with Crippen LogP contribution in [0.3, 0.4) is 0 Å². The quantitative estimate of drug-likeness (QED) is 0.697. The molecule has 0 saturated heterocycles. The van der Waals surface area contributed by atoms with E-state index < -0.39 is 21.7 Å². The largest absolute Gasteiger partial charge is 0.506 e. The van der Waals surface area contributed by atoms with E-state index in [1.54, 1.807) is 13.0 Å². The molecule has 8 heteroatoms. The second-order valence-electron chi connectivity index (χ2n) is 4.55. The van der Waals surface area contributed by atoms with Crippen LogP contribution in [0.25, 0.3) is 0 Å². The maximum Gasteiger partial charge on any atom is 0.335 e. The van der Waals surface area contributed by atoms with Crippen LogP contribution in [0, 0.1) is 0 Å². The van der Waals surface area contributed by atoms with Crippen LogP contribution in [0.1, 0.15) is 17.3 Å².